The fraction of sp³-hybridized carbons (Fsp3) is 0.250. The number of nitrogens with one attached hydrogen (secondary N) is 1. The van der Waals surface area contributed by atoms with Crippen molar-refractivity contribution in [1.82, 2.24) is 0 Å². The zero-order chi connectivity index (χ0) is 7.49. The lowest BCUT2D eigenvalue weighted by atomic mass is 10.4. The topological polar surface area (TPSA) is 78.2 Å². The van der Waals surface area contributed by atoms with Crippen molar-refractivity contribution in [2.24, 2.45) is 0 Å². The molecule has 0 radical (unpaired) electrons. The SMILES string of the molecule is CC(=N)C=CS(=O)(=O)O. The second-order valence-electron chi connectivity index (χ2n) is 1.50. The van der Waals surface area contributed by atoms with Crippen LogP contribution in [0.1, 0.15) is 6.92 Å². The van der Waals surface area contributed by atoms with E-state index in [4.69, 9.17) is 9.96 Å². The van der Waals surface area contributed by atoms with Gasteiger partial charge in [-0.2, -0.15) is 8.42 Å². The maximum Gasteiger partial charge on any atom is 0.287 e. The third-order valence-corrected chi connectivity index (χ3v) is 0.970. The van der Waals surface area contributed by atoms with E-state index in [0.29, 0.717) is 5.41 Å². The van der Waals surface area contributed by atoms with Gasteiger partial charge in [0.25, 0.3) is 10.1 Å². The van der Waals surface area contributed by atoms with E-state index in [2.05, 4.69) is 0 Å². The van der Waals surface area contributed by atoms with Crippen LogP contribution in [0, 0.1) is 5.41 Å². The number of rotatable bonds is 2. The highest BCUT2D eigenvalue weighted by Crippen LogP contribution is 1.84. The molecule has 52 valence electrons. The molecule has 0 atom stereocenters. The fourth-order valence-corrected chi connectivity index (χ4v) is 0.564. The van der Waals surface area contributed by atoms with Crippen LogP contribution in [0.3, 0.4) is 0 Å². The first kappa shape index (κ1) is 8.32. The van der Waals surface area contributed by atoms with E-state index in [-0.39, 0.29) is 5.71 Å². The van der Waals surface area contributed by atoms with E-state index in [1.807, 2.05) is 0 Å². The first-order valence-electron chi connectivity index (χ1n) is 2.12. The summed E-state index contributed by atoms with van der Waals surface area (Å²) in [5, 5.41) is 7.28. The molecule has 0 aromatic carbocycles. The van der Waals surface area contributed by atoms with Crippen molar-refractivity contribution in [2.75, 3.05) is 0 Å². The Bertz CT molecular complexity index is 226. The van der Waals surface area contributed by atoms with Gasteiger partial charge in [-0.05, 0) is 13.0 Å². The minimum Gasteiger partial charge on any atom is -0.306 e. The molecule has 9 heavy (non-hydrogen) atoms. The highest BCUT2D eigenvalue weighted by Gasteiger charge is 1.93. The lowest BCUT2D eigenvalue weighted by Gasteiger charge is -1.81. The molecule has 0 saturated carbocycles. The smallest absolute Gasteiger partial charge is 0.287 e. The van der Waals surface area contributed by atoms with Crippen molar-refractivity contribution in [3.05, 3.63) is 11.5 Å². The summed E-state index contributed by atoms with van der Waals surface area (Å²) >= 11 is 0. The van der Waals surface area contributed by atoms with E-state index >= 15 is 0 Å². The molecule has 0 aromatic heterocycles. The summed E-state index contributed by atoms with van der Waals surface area (Å²) in [5.74, 6) is 0. The Balaban J connectivity index is 4.21. The molecule has 5 heteroatoms. The van der Waals surface area contributed by atoms with Crippen molar-refractivity contribution in [3.8, 4) is 0 Å². The van der Waals surface area contributed by atoms with Gasteiger partial charge in [0.2, 0.25) is 0 Å². The second kappa shape index (κ2) is 2.75. The van der Waals surface area contributed by atoms with Gasteiger partial charge >= 0.3 is 0 Å². The third kappa shape index (κ3) is 7.32. The highest BCUT2D eigenvalue weighted by molar-refractivity contribution is 7.88. The van der Waals surface area contributed by atoms with Crippen LogP contribution in [-0.2, 0) is 10.1 Å². The maximum absolute atomic E-state index is 9.91. The predicted molar refractivity (Wildman–Crippen MR) is 34.1 cm³/mol. The zero-order valence-corrected chi connectivity index (χ0v) is 5.64. The Hall–Kier alpha value is -0.680. The van der Waals surface area contributed by atoms with E-state index < -0.39 is 10.1 Å². The van der Waals surface area contributed by atoms with Gasteiger partial charge < -0.3 is 5.41 Å². The van der Waals surface area contributed by atoms with Gasteiger partial charge in [0.1, 0.15) is 0 Å². The summed E-state index contributed by atoms with van der Waals surface area (Å²) in [4.78, 5) is 0. The van der Waals surface area contributed by atoms with Gasteiger partial charge in [0.15, 0.2) is 0 Å². The van der Waals surface area contributed by atoms with Crippen molar-refractivity contribution in [2.45, 2.75) is 6.92 Å². The Morgan fingerprint density at radius 2 is 2.11 bits per heavy atom. The summed E-state index contributed by atoms with van der Waals surface area (Å²) in [7, 11) is -4.04. The van der Waals surface area contributed by atoms with E-state index in [9.17, 15) is 8.42 Å². The lowest BCUT2D eigenvalue weighted by molar-refractivity contribution is 0.494. The van der Waals surface area contributed by atoms with Gasteiger partial charge in [-0.3, -0.25) is 4.55 Å². The standard InChI is InChI=1S/C4H7NO3S/c1-4(5)2-3-9(6,7)8/h2-3,5H,1H3,(H,6,7,8). The first-order chi connectivity index (χ1) is 3.92. The lowest BCUT2D eigenvalue weighted by Crippen LogP contribution is -1.91. The third-order valence-electron chi connectivity index (χ3n) is 0.490. The Kier molecular flexibility index (Phi) is 2.54. The number of hydrogen-bond donors (Lipinski definition) is 2. The van der Waals surface area contributed by atoms with Crippen molar-refractivity contribution >= 4 is 15.8 Å². The molecule has 0 aliphatic heterocycles. The van der Waals surface area contributed by atoms with Gasteiger partial charge in [-0.1, -0.05) is 0 Å². The molecule has 0 rings (SSSR count). The van der Waals surface area contributed by atoms with Crippen molar-refractivity contribution in [1.29, 1.82) is 5.41 Å². The van der Waals surface area contributed by atoms with E-state index in [1.165, 1.54) is 6.92 Å². The molecule has 0 heterocycles. The number of hydrogen-bond acceptors (Lipinski definition) is 3. The van der Waals surface area contributed by atoms with Gasteiger partial charge in [-0.25, -0.2) is 0 Å². The van der Waals surface area contributed by atoms with Crippen LogP contribution < -0.4 is 0 Å². The maximum atomic E-state index is 9.91. The van der Waals surface area contributed by atoms with Crippen LogP contribution in [0.4, 0.5) is 0 Å². The minimum atomic E-state index is -4.04. The monoisotopic (exact) mass is 149 g/mol. The summed E-state index contributed by atoms with van der Waals surface area (Å²) in [6, 6.07) is 0. The average Bonchev–Trinajstić information content (AvgIpc) is 1.59. The molecule has 4 nitrogen and oxygen atoms in total. The largest absolute Gasteiger partial charge is 0.306 e. The molecule has 0 aliphatic rings. The molecule has 0 unspecified atom stereocenters. The average molecular weight is 149 g/mol. The summed E-state index contributed by atoms with van der Waals surface area (Å²) < 4.78 is 27.9. The van der Waals surface area contributed by atoms with Crippen LogP contribution in [0.2, 0.25) is 0 Å². The van der Waals surface area contributed by atoms with Crippen LogP contribution in [0.15, 0.2) is 11.5 Å². The molecule has 0 bridgehead atoms. The first-order valence-corrected chi connectivity index (χ1v) is 3.63. The molecule has 2 N–H and O–H groups in total. The molecule has 0 aliphatic carbocycles. The molecule has 0 fully saturated rings. The van der Waals surface area contributed by atoms with Crippen LogP contribution in [0.5, 0.6) is 0 Å². The Morgan fingerprint density at radius 1 is 1.67 bits per heavy atom. The summed E-state index contributed by atoms with van der Waals surface area (Å²) in [6.07, 6.45) is 0.995. The molecule has 0 aromatic rings. The van der Waals surface area contributed by atoms with Gasteiger partial charge in [0.05, 0.1) is 5.41 Å². The molecule has 0 spiro atoms. The Labute approximate surface area is 53.5 Å². The molecular formula is C4H7NO3S. The van der Waals surface area contributed by atoms with Gasteiger partial charge in [0, 0.05) is 5.71 Å². The zero-order valence-electron chi connectivity index (χ0n) is 4.83. The minimum absolute atomic E-state index is 0.0765. The molecule has 0 amide bonds. The second-order valence-corrected chi connectivity index (χ2v) is 2.80. The van der Waals surface area contributed by atoms with Crippen LogP contribution >= 0.6 is 0 Å². The van der Waals surface area contributed by atoms with Gasteiger partial charge in [-0.15, -0.1) is 0 Å². The number of allylic oxidation sites excluding steroid dienone is 1. The van der Waals surface area contributed by atoms with Crippen LogP contribution in [0.25, 0.3) is 0 Å². The molecular weight excluding hydrogens is 142 g/mol. The predicted octanol–water partition coefficient (Wildman–Crippen LogP) is 0.428. The summed E-state index contributed by atoms with van der Waals surface area (Å²) in [5.41, 5.74) is 0.0765. The Morgan fingerprint density at radius 3 is 2.22 bits per heavy atom. The van der Waals surface area contributed by atoms with Crippen molar-refractivity contribution < 1.29 is 13.0 Å². The summed E-state index contributed by atoms with van der Waals surface area (Å²) in [6.45, 7) is 1.40. The quantitative estimate of drug-likeness (QED) is 0.441. The van der Waals surface area contributed by atoms with Crippen LogP contribution in [-0.4, -0.2) is 18.7 Å². The van der Waals surface area contributed by atoms with E-state index in [0.717, 1.165) is 6.08 Å². The molecule has 0 saturated heterocycles. The van der Waals surface area contributed by atoms with E-state index in [1.54, 1.807) is 0 Å². The normalized spacial score (nSPS) is 12.2. The fourth-order valence-electron chi connectivity index (χ4n) is 0.188. The van der Waals surface area contributed by atoms with Crippen molar-refractivity contribution in [3.63, 3.8) is 0 Å². The highest BCUT2D eigenvalue weighted by atomic mass is 32.2.